The number of carbonyl (C=O) groups excluding carboxylic acids is 1. The highest BCUT2D eigenvalue weighted by atomic mass is 16.6. The molecule has 0 aromatic rings. The molecule has 0 radical (unpaired) electrons. The van der Waals surface area contributed by atoms with Gasteiger partial charge in [0.1, 0.15) is 0 Å². The van der Waals surface area contributed by atoms with Crippen molar-refractivity contribution in [3.63, 3.8) is 0 Å². The second-order valence-corrected chi connectivity index (χ2v) is 4.54. The summed E-state index contributed by atoms with van der Waals surface area (Å²) in [5.74, 6) is 5.72. The molecule has 1 aliphatic rings. The van der Waals surface area contributed by atoms with Crippen LogP contribution in [0.25, 0.3) is 0 Å². The Morgan fingerprint density at radius 3 is 2.65 bits per heavy atom. The number of rotatable bonds is 3. The van der Waals surface area contributed by atoms with Gasteiger partial charge in [-0.15, -0.1) is 0 Å². The molecule has 0 aromatic carbocycles. The Hall–Kier alpha value is -1.27. The molecular formula is C14H21NO2. The number of hydrogen-bond acceptors (Lipinski definition) is 3. The maximum absolute atomic E-state index is 10.9. The molecule has 0 N–H and O–H groups in total. The molecule has 1 saturated heterocycles. The lowest BCUT2D eigenvalue weighted by Crippen LogP contribution is -2.31. The van der Waals surface area contributed by atoms with Gasteiger partial charge >= 0.3 is 5.97 Å². The predicted molar refractivity (Wildman–Crippen MR) is 68.4 cm³/mol. The predicted octanol–water partition coefficient (Wildman–Crippen LogP) is 1.98. The molecule has 3 nitrogen and oxygen atoms in total. The fraction of sp³-hybridized carbons (Fsp3) is 0.643. The molecule has 1 atom stereocenters. The number of ether oxygens (including phenoxy) is 1. The molecule has 0 aliphatic carbocycles. The zero-order valence-electron chi connectivity index (χ0n) is 10.8. The summed E-state index contributed by atoms with van der Waals surface area (Å²) in [5.41, 5.74) is -0.860. The van der Waals surface area contributed by atoms with Crippen LogP contribution in [-0.2, 0) is 9.53 Å². The van der Waals surface area contributed by atoms with Crippen LogP contribution in [0, 0.1) is 11.8 Å². The lowest BCUT2D eigenvalue weighted by molar-refractivity contribution is -0.147. The van der Waals surface area contributed by atoms with Crippen LogP contribution < -0.4 is 0 Å². The zero-order valence-corrected chi connectivity index (χ0v) is 10.8. The quantitative estimate of drug-likeness (QED) is 0.425. The smallest absolute Gasteiger partial charge is 0.304 e. The average molecular weight is 235 g/mol. The number of esters is 1. The van der Waals surface area contributed by atoms with Crippen molar-refractivity contribution in [3.8, 4) is 11.8 Å². The largest absolute Gasteiger partial charge is 0.443 e. The van der Waals surface area contributed by atoms with Crippen LogP contribution in [0.15, 0.2) is 12.7 Å². The molecule has 17 heavy (non-hydrogen) atoms. The summed E-state index contributed by atoms with van der Waals surface area (Å²) in [6, 6.07) is 0. The van der Waals surface area contributed by atoms with E-state index in [1.807, 2.05) is 0 Å². The third-order valence-electron chi connectivity index (χ3n) is 2.83. The first-order chi connectivity index (χ1) is 8.06. The van der Waals surface area contributed by atoms with Gasteiger partial charge in [-0.05, 0) is 44.9 Å². The first-order valence-electron chi connectivity index (χ1n) is 6.11. The van der Waals surface area contributed by atoms with Gasteiger partial charge in [-0.25, -0.2) is 0 Å². The summed E-state index contributed by atoms with van der Waals surface area (Å²) in [5, 5.41) is 0. The highest BCUT2D eigenvalue weighted by Crippen LogP contribution is 2.11. The Balaban J connectivity index is 2.49. The van der Waals surface area contributed by atoms with Gasteiger partial charge in [0.15, 0.2) is 5.60 Å². The molecule has 1 heterocycles. The molecule has 0 aromatic heterocycles. The molecule has 0 saturated carbocycles. The third-order valence-corrected chi connectivity index (χ3v) is 2.83. The van der Waals surface area contributed by atoms with Gasteiger partial charge in [0.25, 0.3) is 0 Å². The Morgan fingerprint density at radius 2 is 2.12 bits per heavy atom. The Kier molecular flexibility index (Phi) is 5.24. The van der Waals surface area contributed by atoms with Crippen LogP contribution in [-0.4, -0.2) is 36.1 Å². The highest BCUT2D eigenvalue weighted by Gasteiger charge is 2.20. The van der Waals surface area contributed by atoms with Crippen LogP contribution in [0.2, 0.25) is 0 Å². The van der Waals surface area contributed by atoms with E-state index in [1.165, 1.54) is 26.2 Å². The van der Waals surface area contributed by atoms with Crippen molar-refractivity contribution in [2.24, 2.45) is 0 Å². The highest BCUT2D eigenvalue weighted by molar-refractivity contribution is 5.67. The average Bonchev–Trinajstić information content (AvgIpc) is 2.29. The van der Waals surface area contributed by atoms with E-state index in [9.17, 15) is 4.79 Å². The fourth-order valence-corrected chi connectivity index (χ4v) is 1.86. The summed E-state index contributed by atoms with van der Waals surface area (Å²) in [6.45, 7) is 9.77. The standard InChI is InChI=1S/C14H21NO2/c1-4-14(3,17-13(2)16)9-8-12-15-10-6-5-7-11-15/h4H,1,5-7,10-12H2,2-3H3/t14-/m1/s1. The minimum absolute atomic E-state index is 0.334. The molecule has 1 aliphatic heterocycles. The first-order valence-corrected chi connectivity index (χ1v) is 6.11. The fourth-order valence-electron chi connectivity index (χ4n) is 1.86. The van der Waals surface area contributed by atoms with E-state index in [-0.39, 0.29) is 5.97 Å². The minimum Gasteiger partial charge on any atom is -0.443 e. The van der Waals surface area contributed by atoms with Crippen LogP contribution in [0.4, 0.5) is 0 Å². The lowest BCUT2D eigenvalue weighted by Gasteiger charge is -2.24. The van der Waals surface area contributed by atoms with E-state index in [0.717, 1.165) is 19.6 Å². The first kappa shape index (κ1) is 13.8. The summed E-state index contributed by atoms with van der Waals surface area (Å²) in [7, 11) is 0. The topological polar surface area (TPSA) is 29.5 Å². The van der Waals surface area contributed by atoms with Gasteiger partial charge in [-0.2, -0.15) is 0 Å². The van der Waals surface area contributed by atoms with Gasteiger partial charge in [-0.3, -0.25) is 9.69 Å². The summed E-state index contributed by atoms with van der Waals surface area (Å²) in [6.07, 6.45) is 5.40. The lowest BCUT2D eigenvalue weighted by atomic mass is 10.1. The number of piperidine rings is 1. The summed E-state index contributed by atoms with van der Waals surface area (Å²) in [4.78, 5) is 13.3. The van der Waals surface area contributed by atoms with Gasteiger partial charge in [0, 0.05) is 6.92 Å². The molecule has 1 rings (SSSR count). The van der Waals surface area contributed by atoms with E-state index in [2.05, 4.69) is 23.3 Å². The van der Waals surface area contributed by atoms with Crippen molar-refractivity contribution >= 4 is 5.97 Å². The molecule has 94 valence electrons. The van der Waals surface area contributed by atoms with E-state index >= 15 is 0 Å². The molecular weight excluding hydrogens is 214 g/mol. The number of likely N-dealkylation sites (tertiary alicyclic amines) is 1. The van der Waals surface area contributed by atoms with Crippen LogP contribution in [0.1, 0.15) is 33.1 Å². The molecule has 0 bridgehead atoms. The Morgan fingerprint density at radius 1 is 1.47 bits per heavy atom. The number of hydrogen-bond donors (Lipinski definition) is 0. The number of nitrogens with zero attached hydrogens (tertiary/aromatic N) is 1. The third kappa shape index (κ3) is 5.06. The van der Waals surface area contributed by atoms with Crippen LogP contribution >= 0.6 is 0 Å². The minimum atomic E-state index is -0.860. The zero-order chi connectivity index (χ0) is 12.7. The molecule has 1 fully saturated rings. The normalized spacial score (nSPS) is 19.6. The summed E-state index contributed by atoms with van der Waals surface area (Å²) >= 11 is 0. The van der Waals surface area contributed by atoms with E-state index in [4.69, 9.17) is 4.74 Å². The van der Waals surface area contributed by atoms with E-state index in [0.29, 0.717) is 0 Å². The van der Waals surface area contributed by atoms with Gasteiger partial charge in [0.2, 0.25) is 0 Å². The maximum atomic E-state index is 10.9. The summed E-state index contributed by atoms with van der Waals surface area (Å²) < 4.78 is 5.13. The van der Waals surface area contributed by atoms with E-state index in [1.54, 1.807) is 13.0 Å². The second kappa shape index (κ2) is 6.46. The Bertz CT molecular complexity index is 334. The van der Waals surface area contributed by atoms with Gasteiger partial charge < -0.3 is 4.74 Å². The van der Waals surface area contributed by atoms with Crippen molar-refractivity contribution in [1.82, 2.24) is 4.90 Å². The van der Waals surface area contributed by atoms with Crippen molar-refractivity contribution < 1.29 is 9.53 Å². The molecule has 0 unspecified atom stereocenters. The van der Waals surface area contributed by atoms with E-state index < -0.39 is 5.60 Å². The second-order valence-electron chi connectivity index (χ2n) is 4.54. The SMILES string of the molecule is C=C[C@](C)(C#CCN1CCCCC1)OC(C)=O. The van der Waals surface area contributed by atoms with Crippen LogP contribution in [0.3, 0.4) is 0 Å². The van der Waals surface area contributed by atoms with Crippen molar-refractivity contribution in [2.75, 3.05) is 19.6 Å². The molecule has 3 heteroatoms. The monoisotopic (exact) mass is 235 g/mol. The maximum Gasteiger partial charge on any atom is 0.304 e. The molecule has 0 amide bonds. The van der Waals surface area contributed by atoms with Crippen molar-refractivity contribution in [1.29, 1.82) is 0 Å². The molecule has 0 spiro atoms. The van der Waals surface area contributed by atoms with Gasteiger partial charge in [-0.1, -0.05) is 18.9 Å². The van der Waals surface area contributed by atoms with Crippen molar-refractivity contribution in [2.45, 2.75) is 38.7 Å². The Labute approximate surface area is 104 Å². The number of carbonyl (C=O) groups is 1. The van der Waals surface area contributed by atoms with Gasteiger partial charge in [0.05, 0.1) is 6.54 Å². The van der Waals surface area contributed by atoms with Crippen molar-refractivity contribution in [3.05, 3.63) is 12.7 Å². The van der Waals surface area contributed by atoms with Crippen LogP contribution in [0.5, 0.6) is 0 Å².